The van der Waals surface area contributed by atoms with Gasteiger partial charge in [0.05, 0.1) is 12.0 Å². The molecule has 0 saturated heterocycles. The summed E-state index contributed by atoms with van der Waals surface area (Å²) in [7, 11) is 0. The monoisotopic (exact) mass is 314 g/mol. The first-order valence-electron chi connectivity index (χ1n) is 7.63. The second-order valence-corrected chi connectivity index (χ2v) is 5.81. The maximum atomic E-state index is 13.6. The van der Waals surface area contributed by atoms with Gasteiger partial charge in [-0.3, -0.25) is 9.36 Å². The molecule has 1 fully saturated rings. The summed E-state index contributed by atoms with van der Waals surface area (Å²) in [5.74, 6) is -0.447. The maximum absolute atomic E-state index is 13.6. The summed E-state index contributed by atoms with van der Waals surface area (Å²) in [6.07, 6.45) is 4.98. The van der Waals surface area contributed by atoms with Crippen molar-refractivity contribution < 1.29 is 4.39 Å². The quantitative estimate of drug-likeness (QED) is 0.787. The van der Waals surface area contributed by atoms with Crippen molar-refractivity contribution in [2.75, 3.05) is 0 Å². The lowest BCUT2D eigenvalue weighted by Gasteiger charge is -2.15. The van der Waals surface area contributed by atoms with E-state index in [1.54, 1.807) is 6.07 Å². The van der Waals surface area contributed by atoms with Crippen LogP contribution >= 0.6 is 0 Å². The van der Waals surface area contributed by atoms with Crippen LogP contribution in [0.1, 0.15) is 31.7 Å². The third kappa shape index (κ3) is 2.11. The van der Waals surface area contributed by atoms with Crippen LogP contribution in [-0.2, 0) is 0 Å². The molecule has 0 amide bonds. The van der Waals surface area contributed by atoms with Crippen molar-refractivity contribution in [2.45, 2.75) is 31.7 Å². The highest BCUT2D eigenvalue weighted by atomic mass is 19.1. The number of nitrogens with one attached hydrogen (secondary N) is 1. The second kappa shape index (κ2) is 5.19. The van der Waals surface area contributed by atoms with Gasteiger partial charge in [0.15, 0.2) is 5.65 Å². The van der Waals surface area contributed by atoms with Gasteiger partial charge in [0.25, 0.3) is 5.56 Å². The zero-order valence-electron chi connectivity index (χ0n) is 12.3. The molecule has 7 heteroatoms. The summed E-state index contributed by atoms with van der Waals surface area (Å²) in [4.78, 5) is 32.5. The summed E-state index contributed by atoms with van der Waals surface area (Å²) in [5, 5.41) is 0. The van der Waals surface area contributed by atoms with Gasteiger partial charge in [-0.2, -0.15) is 0 Å². The van der Waals surface area contributed by atoms with E-state index < -0.39 is 11.5 Å². The number of aromatic nitrogens is 4. The van der Waals surface area contributed by atoms with E-state index in [9.17, 15) is 14.0 Å². The Labute approximate surface area is 130 Å². The van der Waals surface area contributed by atoms with Crippen LogP contribution in [0.15, 0.2) is 40.2 Å². The van der Waals surface area contributed by atoms with E-state index in [-0.39, 0.29) is 22.8 Å². The Hall–Kier alpha value is -2.70. The molecule has 6 nitrogen and oxygen atoms in total. The fraction of sp³-hybridized carbons (Fsp3) is 0.312. The number of aromatic amines is 1. The van der Waals surface area contributed by atoms with Crippen molar-refractivity contribution in [1.29, 1.82) is 0 Å². The molecule has 1 N–H and O–H groups in total. The number of hydrogen-bond acceptors (Lipinski definition) is 3. The summed E-state index contributed by atoms with van der Waals surface area (Å²) in [5.41, 5.74) is 0.0219. The topological polar surface area (TPSA) is 72.7 Å². The second-order valence-electron chi connectivity index (χ2n) is 5.81. The lowest BCUT2D eigenvalue weighted by atomic mass is 10.2. The number of nitrogens with zero attached hydrogens (tertiary/aromatic N) is 3. The minimum atomic E-state index is -0.466. The van der Waals surface area contributed by atoms with E-state index in [1.165, 1.54) is 33.7 Å². The summed E-state index contributed by atoms with van der Waals surface area (Å²) in [6, 6.07) is 5.62. The third-order valence-corrected chi connectivity index (χ3v) is 4.42. The Kier molecular flexibility index (Phi) is 3.14. The molecular formula is C16H15FN4O2. The molecule has 1 aromatic carbocycles. The van der Waals surface area contributed by atoms with E-state index >= 15 is 0 Å². The van der Waals surface area contributed by atoms with Crippen molar-refractivity contribution in [1.82, 2.24) is 19.1 Å². The smallest absolute Gasteiger partial charge is 0.337 e. The van der Waals surface area contributed by atoms with Gasteiger partial charge in [0, 0.05) is 6.04 Å². The van der Waals surface area contributed by atoms with E-state index in [0.29, 0.717) is 5.69 Å². The van der Waals surface area contributed by atoms with Crippen LogP contribution in [0.2, 0.25) is 0 Å². The van der Waals surface area contributed by atoms with Crippen LogP contribution < -0.4 is 11.2 Å². The van der Waals surface area contributed by atoms with Gasteiger partial charge in [-0.1, -0.05) is 18.9 Å². The van der Waals surface area contributed by atoms with Crippen LogP contribution in [0.5, 0.6) is 0 Å². The third-order valence-electron chi connectivity index (χ3n) is 4.42. The first-order chi connectivity index (χ1) is 11.2. The Morgan fingerprint density at radius 2 is 2.00 bits per heavy atom. The number of H-pyrrole nitrogens is 1. The molecule has 0 atom stereocenters. The van der Waals surface area contributed by atoms with Crippen molar-refractivity contribution >= 4 is 11.2 Å². The van der Waals surface area contributed by atoms with Gasteiger partial charge in [-0.15, -0.1) is 0 Å². The first kappa shape index (κ1) is 13.9. The molecule has 3 aromatic rings. The van der Waals surface area contributed by atoms with Crippen LogP contribution in [0.25, 0.3) is 16.9 Å². The van der Waals surface area contributed by atoms with E-state index in [2.05, 4.69) is 9.97 Å². The van der Waals surface area contributed by atoms with Crippen molar-refractivity contribution in [3.8, 4) is 5.69 Å². The molecule has 0 spiro atoms. The predicted molar refractivity (Wildman–Crippen MR) is 83.4 cm³/mol. The number of fused-ring (bicyclic) bond motifs is 1. The molecule has 4 rings (SSSR count). The highest BCUT2D eigenvalue weighted by Crippen LogP contribution is 2.27. The summed E-state index contributed by atoms with van der Waals surface area (Å²) >= 11 is 0. The lowest BCUT2D eigenvalue weighted by Crippen LogP contribution is -2.41. The Morgan fingerprint density at radius 3 is 2.74 bits per heavy atom. The number of hydrogen-bond donors (Lipinski definition) is 1. The van der Waals surface area contributed by atoms with Crippen LogP contribution in [0, 0.1) is 5.82 Å². The first-order valence-corrected chi connectivity index (χ1v) is 7.63. The van der Waals surface area contributed by atoms with Crippen LogP contribution in [0.4, 0.5) is 4.39 Å². The molecular weight excluding hydrogens is 299 g/mol. The minimum Gasteiger partial charge on any atom is -0.339 e. The molecule has 1 aliphatic carbocycles. The number of halogens is 1. The molecule has 23 heavy (non-hydrogen) atoms. The fourth-order valence-corrected chi connectivity index (χ4v) is 3.35. The van der Waals surface area contributed by atoms with Gasteiger partial charge in [-0.25, -0.2) is 18.7 Å². The molecule has 118 valence electrons. The lowest BCUT2D eigenvalue weighted by molar-refractivity contribution is 0.475. The van der Waals surface area contributed by atoms with Gasteiger partial charge in [0.1, 0.15) is 11.3 Å². The minimum absolute atomic E-state index is 0.109. The Balaban J connectivity index is 2.09. The van der Waals surface area contributed by atoms with Gasteiger partial charge >= 0.3 is 5.69 Å². The van der Waals surface area contributed by atoms with Gasteiger partial charge < -0.3 is 4.98 Å². The van der Waals surface area contributed by atoms with Gasteiger partial charge in [-0.05, 0) is 31.0 Å². The van der Waals surface area contributed by atoms with E-state index in [0.717, 1.165) is 25.7 Å². The Bertz CT molecular complexity index is 995. The number of imidazole rings is 1. The van der Waals surface area contributed by atoms with E-state index in [1.807, 2.05) is 0 Å². The normalized spacial score (nSPS) is 15.5. The average molecular weight is 314 g/mol. The largest absolute Gasteiger partial charge is 0.339 e. The highest BCUT2D eigenvalue weighted by Gasteiger charge is 2.24. The average Bonchev–Trinajstić information content (AvgIpc) is 3.19. The van der Waals surface area contributed by atoms with Crippen molar-refractivity contribution in [2.24, 2.45) is 0 Å². The van der Waals surface area contributed by atoms with Crippen molar-refractivity contribution in [3.05, 3.63) is 57.2 Å². The zero-order valence-corrected chi connectivity index (χ0v) is 12.3. The molecule has 1 saturated carbocycles. The molecule has 2 aromatic heterocycles. The molecule has 0 bridgehead atoms. The predicted octanol–water partition coefficient (Wildman–Crippen LogP) is 2.13. The zero-order chi connectivity index (χ0) is 16.0. The molecule has 0 aliphatic heterocycles. The number of benzene rings is 1. The van der Waals surface area contributed by atoms with E-state index in [4.69, 9.17) is 0 Å². The SMILES string of the molecule is O=c1c2[nH]cnc2n(-c2cccc(F)c2)c(=O)n1C1CCCC1. The molecule has 0 radical (unpaired) electrons. The summed E-state index contributed by atoms with van der Waals surface area (Å²) in [6.45, 7) is 0. The standard InChI is InChI=1S/C16H15FN4O2/c17-10-4-3-7-12(8-10)20-14-13(18-9-19-14)15(22)21(16(20)23)11-5-1-2-6-11/h3-4,7-9,11H,1-2,5-6H2,(H,18,19). The van der Waals surface area contributed by atoms with Crippen LogP contribution in [-0.4, -0.2) is 19.1 Å². The fourth-order valence-electron chi connectivity index (χ4n) is 3.35. The summed E-state index contributed by atoms with van der Waals surface area (Å²) < 4.78 is 16.2. The van der Waals surface area contributed by atoms with Gasteiger partial charge in [0.2, 0.25) is 0 Å². The maximum Gasteiger partial charge on any atom is 0.337 e. The highest BCUT2D eigenvalue weighted by molar-refractivity contribution is 5.71. The number of rotatable bonds is 2. The van der Waals surface area contributed by atoms with Crippen molar-refractivity contribution in [3.63, 3.8) is 0 Å². The molecule has 0 unspecified atom stereocenters. The molecule has 1 aliphatic rings. The van der Waals surface area contributed by atoms with Crippen LogP contribution in [0.3, 0.4) is 0 Å². The Morgan fingerprint density at radius 1 is 1.22 bits per heavy atom. The molecule has 2 heterocycles.